The Balaban J connectivity index is 1.32. The SMILES string of the molecule is c1cnc2c(c1)ccc1ccc(-c3ccc(-c4c5ccccc5nc5c4sc4ccccc45)cc3)nc12. The maximum absolute atomic E-state index is 5.07. The second-order valence-electron chi connectivity index (χ2n) is 9.27. The monoisotopic (exact) mass is 489 g/mol. The van der Waals surface area contributed by atoms with Crippen molar-refractivity contribution in [3.8, 4) is 22.4 Å². The molecule has 0 unspecified atom stereocenters. The predicted molar refractivity (Wildman–Crippen MR) is 156 cm³/mol. The van der Waals surface area contributed by atoms with E-state index in [0.717, 1.165) is 44.1 Å². The van der Waals surface area contributed by atoms with Crippen molar-refractivity contribution in [2.75, 3.05) is 0 Å². The molecule has 0 amide bonds. The number of thiophene rings is 1. The van der Waals surface area contributed by atoms with Crippen molar-refractivity contribution in [3.63, 3.8) is 0 Å². The van der Waals surface area contributed by atoms with E-state index in [-0.39, 0.29) is 0 Å². The van der Waals surface area contributed by atoms with Gasteiger partial charge in [0.1, 0.15) is 0 Å². The Labute approximate surface area is 216 Å². The third kappa shape index (κ3) is 3.16. The number of fused-ring (bicyclic) bond motifs is 7. The molecular formula is C33H19N3S. The molecule has 172 valence electrons. The first kappa shape index (κ1) is 20.5. The fourth-order valence-electron chi connectivity index (χ4n) is 5.32. The van der Waals surface area contributed by atoms with Gasteiger partial charge in [0.05, 0.1) is 32.5 Å². The smallest absolute Gasteiger partial charge is 0.0972 e. The van der Waals surface area contributed by atoms with Gasteiger partial charge in [0, 0.05) is 43.6 Å². The summed E-state index contributed by atoms with van der Waals surface area (Å²) in [6, 6.07) is 38.3. The number of rotatable bonds is 2. The Morgan fingerprint density at radius 1 is 0.514 bits per heavy atom. The molecule has 0 aliphatic heterocycles. The van der Waals surface area contributed by atoms with Crippen LogP contribution in [0.5, 0.6) is 0 Å². The topological polar surface area (TPSA) is 38.7 Å². The van der Waals surface area contributed by atoms with E-state index in [0.29, 0.717) is 0 Å². The van der Waals surface area contributed by atoms with Crippen LogP contribution < -0.4 is 0 Å². The predicted octanol–water partition coefficient (Wildman–Crippen LogP) is 9.03. The van der Waals surface area contributed by atoms with Gasteiger partial charge in [-0.25, -0.2) is 9.97 Å². The van der Waals surface area contributed by atoms with Crippen molar-refractivity contribution in [2.45, 2.75) is 0 Å². The molecule has 4 aromatic heterocycles. The molecule has 4 heterocycles. The quantitative estimate of drug-likeness (QED) is 0.227. The van der Waals surface area contributed by atoms with Gasteiger partial charge >= 0.3 is 0 Å². The van der Waals surface area contributed by atoms with Crippen molar-refractivity contribution < 1.29 is 0 Å². The highest BCUT2D eigenvalue weighted by Gasteiger charge is 2.16. The molecule has 0 fully saturated rings. The Bertz CT molecular complexity index is 2140. The van der Waals surface area contributed by atoms with E-state index in [1.807, 2.05) is 23.6 Å². The highest BCUT2D eigenvalue weighted by atomic mass is 32.1. The molecule has 0 spiro atoms. The van der Waals surface area contributed by atoms with Crippen LogP contribution in [-0.2, 0) is 0 Å². The molecule has 0 aliphatic rings. The Morgan fingerprint density at radius 2 is 1.24 bits per heavy atom. The summed E-state index contributed by atoms with van der Waals surface area (Å²) in [5.41, 5.74) is 8.44. The minimum absolute atomic E-state index is 0.937. The summed E-state index contributed by atoms with van der Waals surface area (Å²) in [5.74, 6) is 0. The van der Waals surface area contributed by atoms with Gasteiger partial charge in [0.2, 0.25) is 0 Å². The Hall–Kier alpha value is -4.67. The number of benzene rings is 4. The third-order valence-corrected chi connectivity index (χ3v) is 8.28. The normalized spacial score (nSPS) is 11.8. The number of para-hydroxylation sites is 1. The van der Waals surface area contributed by atoms with E-state index in [9.17, 15) is 0 Å². The van der Waals surface area contributed by atoms with Crippen LogP contribution in [0.25, 0.3) is 75.4 Å². The van der Waals surface area contributed by atoms with Crippen LogP contribution in [0.15, 0.2) is 115 Å². The zero-order valence-electron chi connectivity index (χ0n) is 19.7. The number of hydrogen-bond acceptors (Lipinski definition) is 4. The maximum atomic E-state index is 5.07. The summed E-state index contributed by atoms with van der Waals surface area (Å²) < 4.78 is 2.49. The highest BCUT2D eigenvalue weighted by molar-refractivity contribution is 7.26. The third-order valence-electron chi connectivity index (χ3n) is 7.10. The molecule has 0 aliphatic carbocycles. The maximum Gasteiger partial charge on any atom is 0.0972 e. The molecule has 37 heavy (non-hydrogen) atoms. The van der Waals surface area contributed by atoms with E-state index in [2.05, 4.69) is 108 Å². The summed E-state index contributed by atoms with van der Waals surface area (Å²) >= 11 is 1.82. The lowest BCUT2D eigenvalue weighted by Gasteiger charge is -2.10. The van der Waals surface area contributed by atoms with Crippen LogP contribution in [0, 0.1) is 0 Å². The van der Waals surface area contributed by atoms with Crippen molar-refractivity contribution in [2.24, 2.45) is 0 Å². The summed E-state index contributed by atoms with van der Waals surface area (Å²) in [6.07, 6.45) is 1.83. The van der Waals surface area contributed by atoms with Crippen LogP contribution in [-0.4, -0.2) is 15.0 Å². The lowest BCUT2D eigenvalue weighted by Crippen LogP contribution is -1.89. The zero-order chi connectivity index (χ0) is 24.3. The molecule has 8 aromatic rings. The first-order valence-electron chi connectivity index (χ1n) is 12.3. The number of aromatic nitrogens is 3. The van der Waals surface area contributed by atoms with Gasteiger partial charge in [0.25, 0.3) is 0 Å². The molecule has 3 nitrogen and oxygen atoms in total. The molecule has 0 saturated carbocycles. The number of nitrogens with zero attached hydrogens (tertiary/aromatic N) is 3. The van der Waals surface area contributed by atoms with Crippen LogP contribution in [0.4, 0.5) is 0 Å². The second kappa shape index (κ2) is 7.92. The minimum atomic E-state index is 0.937. The zero-order valence-corrected chi connectivity index (χ0v) is 20.5. The molecule has 0 radical (unpaired) electrons. The average Bonchev–Trinajstić information content (AvgIpc) is 3.34. The van der Waals surface area contributed by atoms with E-state index < -0.39 is 0 Å². The van der Waals surface area contributed by atoms with E-state index in [4.69, 9.17) is 9.97 Å². The largest absolute Gasteiger partial charge is 0.254 e. The van der Waals surface area contributed by atoms with E-state index >= 15 is 0 Å². The standard InChI is InChI=1S/C33H19N3S/c1-3-9-27-24(7-1)29(33-32(36-27)25-8-2-4-10-28(25)37-33)21-13-11-20(12-14-21)26-18-17-23-16-15-22-6-5-19-34-30(22)31(23)35-26/h1-19H. The van der Waals surface area contributed by atoms with E-state index in [1.165, 1.54) is 31.3 Å². The van der Waals surface area contributed by atoms with Gasteiger partial charge in [-0.05, 0) is 29.8 Å². The van der Waals surface area contributed by atoms with Crippen LogP contribution >= 0.6 is 11.3 Å². The van der Waals surface area contributed by atoms with Crippen LogP contribution in [0.2, 0.25) is 0 Å². The van der Waals surface area contributed by atoms with Gasteiger partial charge < -0.3 is 0 Å². The van der Waals surface area contributed by atoms with Crippen molar-refractivity contribution in [1.29, 1.82) is 0 Å². The fourth-order valence-corrected chi connectivity index (χ4v) is 6.54. The minimum Gasteiger partial charge on any atom is -0.254 e. The molecule has 4 heteroatoms. The Kier molecular flexibility index (Phi) is 4.39. The molecule has 0 bridgehead atoms. The van der Waals surface area contributed by atoms with Crippen molar-refractivity contribution in [3.05, 3.63) is 115 Å². The summed E-state index contributed by atoms with van der Waals surface area (Å²) in [6.45, 7) is 0. The van der Waals surface area contributed by atoms with Gasteiger partial charge in [0.15, 0.2) is 0 Å². The molecule has 0 N–H and O–H groups in total. The summed E-state index contributed by atoms with van der Waals surface area (Å²) in [5, 5.41) is 4.59. The highest BCUT2D eigenvalue weighted by Crippen LogP contribution is 2.42. The molecule has 4 aromatic carbocycles. The van der Waals surface area contributed by atoms with E-state index in [1.54, 1.807) is 0 Å². The van der Waals surface area contributed by atoms with Crippen molar-refractivity contribution in [1.82, 2.24) is 15.0 Å². The second-order valence-corrected chi connectivity index (χ2v) is 10.3. The molecule has 0 atom stereocenters. The summed E-state index contributed by atoms with van der Waals surface area (Å²) in [4.78, 5) is 14.7. The van der Waals surface area contributed by atoms with Crippen LogP contribution in [0.3, 0.4) is 0 Å². The molecule has 0 saturated heterocycles. The number of hydrogen-bond donors (Lipinski definition) is 0. The first-order valence-corrected chi connectivity index (χ1v) is 13.1. The summed E-state index contributed by atoms with van der Waals surface area (Å²) in [7, 11) is 0. The van der Waals surface area contributed by atoms with Crippen LogP contribution in [0.1, 0.15) is 0 Å². The number of pyridine rings is 3. The Morgan fingerprint density at radius 3 is 2.14 bits per heavy atom. The lowest BCUT2D eigenvalue weighted by molar-refractivity contribution is 1.37. The van der Waals surface area contributed by atoms with Gasteiger partial charge in [-0.1, -0.05) is 84.9 Å². The van der Waals surface area contributed by atoms with Gasteiger partial charge in [-0.15, -0.1) is 11.3 Å². The molecular weight excluding hydrogens is 470 g/mol. The fraction of sp³-hybridized carbons (Fsp3) is 0. The van der Waals surface area contributed by atoms with Crippen molar-refractivity contribution >= 4 is 64.3 Å². The lowest BCUT2D eigenvalue weighted by atomic mass is 9.98. The first-order chi connectivity index (χ1) is 18.3. The molecule has 8 rings (SSSR count). The average molecular weight is 490 g/mol. The van der Waals surface area contributed by atoms with Gasteiger partial charge in [-0.2, -0.15) is 0 Å². The van der Waals surface area contributed by atoms with Gasteiger partial charge in [-0.3, -0.25) is 4.98 Å².